The number of benzene rings is 1. The molecular formula is C13H19NO2S. The topological polar surface area (TPSA) is 49.3 Å². The summed E-state index contributed by atoms with van der Waals surface area (Å²) in [7, 11) is 0. The molecule has 0 bridgehead atoms. The summed E-state index contributed by atoms with van der Waals surface area (Å²) in [6.45, 7) is 1.90. The number of thioether (sulfide) groups is 1. The largest absolute Gasteiger partial charge is 0.394 e. The lowest BCUT2D eigenvalue weighted by atomic mass is 10.1. The van der Waals surface area contributed by atoms with Crippen LogP contribution in [0.15, 0.2) is 30.3 Å². The third-order valence-corrected chi connectivity index (χ3v) is 3.77. The summed E-state index contributed by atoms with van der Waals surface area (Å²) >= 11 is 1.53. The van der Waals surface area contributed by atoms with Gasteiger partial charge in [-0.3, -0.25) is 4.79 Å². The van der Waals surface area contributed by atoms with Gasteiger partial charge in [0.25, 0.3) is 0 Å². The van der Waals surface area contributed by atoms with E-state index in [9.17, 15) is 9.90 Å². The van der Waals surface area contributed by atoms with Gasteiger partial charge in [0.2, 0.25) is 5.91 Å². The Kier molecular flexibility index (Phi) is 6.08. The van der Waals surface area contributed by atoms with Crippen LogP contribution < -0.4 is 5.32 Å². The Labute approximate surface area is 107 Å². The first kappa shape index (κ1) is 14.1. The molecule has 94 valence electrons. The van der Waals surface area contributed by atoms with E-state index >= 15 is 0 Å². The highest BCUT2D eigenvalue weighted by Crippen LogP contribution is 2.15. The monoisotopic (exact) mass is 253 g/mol. The van der Waals surface area contributed by atoms with Crippen molar-refractivity contribution in [1.29, 1.82) is 0 Å². The number of aliphatic hydroxyl groups excluding tert-OH is 1. The molecule has 1 amide bonds. The minimum Gasteiger partial charge on any atom is -0.394 e. The second-order valence-electron chi connectivity index (χ2n) is 3.79. The third kappa shape index (κ3) is 4.06. The Morgan fingerprint density at radius 1 is 1.41 bits per heavy atom. The normalized spacial score (nSPS) is 14.1. The molecular weight excluding hydrogens is 234 g/mol. The molecule has 0 saturated heterocycles. The van der Waals surface area contributed by atoms with Crippen LogP contribution in [0.25, 0.3) is 0 Å². The lowest BCUT2D eigenvalue weighted by Crippen LogP contribution is -2.36. The summed E-state index contributed by atoms with van der Waals surface area (Å²) in [5.74, 6) is -0.0112. The molecule has 0 heterocycles. The van der Waals surface area contributed by atoms with Gasteiger partial charge in [-0.05, 0) is 18.2 Å². The van der Waals surface area contributed by atoms with Gasteiger partial charge >= 0.3 is 0 Å². The van der Waals surface area contributed by atoms with Crippen molar-refractivity contribution in [3.05, 3.63) is 35.9 Å². The molecule has 0 saturated carbocycles. The maximum atomic E-state index is 11.9. The number of aliphatic hydroxyl groups is 1. The zero-order chi connectivity index (χ0) is 12.7. The second-order valence-corrected chi connectivity index (χ2v) is 4.83. The molecule has 0 spiro atoms. The van der Waals surface area contributed by atoms with Crippen molar-refractivity contribution in [3.63, 3.8) is 0 Å². The molecule has 0 aliphatic carbocycles. The van der Waals surface area contributed by atoms with Gasteiger partial charge in [0, 0.05) is 0 Å². The number of amides is 1. The Morgan fingerprint density at radius 3 is 2.53 bits per heavy atom. The smallest absolute Gasteiger partial charge is 0.233 e. The van der Waals surface area contributed by atoms with E-state index in [2.05, 4.69) is 5.32 Å². The zero-order valence-electron chi connectivity index (χ0n) is 10.2. The van der Waals surface area contributed by atoms with E-state index in [0.717, 1.165) is 12.0 Å². The minimum absolute atomic E-state index is 0.0112. The highest BCUT2D eigenvalue weighted by Gasteiger charge is 2.19. The summed E-state index contributed by atoms with van der Waals surface area (Å²) in [5.41, 5.74) is 0.930. The van der Waals surface area contributed by atoms with Crippen LogP contribution in [-0.4, -0.2) is 29.1 Å². The number of carbonyl (C=O) groups is 1. The minimum atomic E-state index is -0.315. The quantitative estimate of drug-likeness (QED) is 0.815. The molecule has 2 N–H and O–H groups in total. The van der Waals surface area contributed by atoms with Gasteiger partial charge in [-0.15, -0.1) is 0 Å². The molecule has 0 aromatic heterocycles. The molecule has 1 rings (SSSR count). The average Bonchev–Trinajstić information content (AvgIpc) is 2.38. The van der Waals surface area contributed by atoms with E-state index in [4.69, 9.17) is 0 Å². The van der Waals surface area contributed by atoms with Crippen LogP contribution in [0.1, 0.15) is 24.9 Å². The molecule has 0 aliphatic heterocycles. The molecule has 0 aliphatic rings. The first-order valence-electron chi connectivity index (χ1n) is 5.71. The predicted octanol–water partition coefficient (Wildman–Crippen LogP) is 1.98. The predicted molar refractivity (Wildman–Crippen MR) is 72.0 cm³/mol. The van der Waals surface area contributed by atoms with E-state index in [-0.39, 0.29) is 23.8 Å². The summed E-state index contributed by atoms with van der Waals surface area (Å²) in [5, 5.41) is 12.2. The first-order valence-corrected chi connectivity index (χ1v) is 7.00. The van der Waals surface area contributed by atoms with E-state index < -0.39 is 0 Å². The molecule has 1 unspecified atom stereocenters. The number of nitrogens with one attached hydrogen (secondary N) is 1. The van der Waals surface area contributed by atoms with Crippen LogP contribution in [0.5, 0.6) is 0 Å². The Morgan fingerprint density at radius 2 is 2.06 bits per heavy atom. The molecule has 3 nitrogen and oxygen atoms in total. The summed E-state index contributed by atoms with van der Waals surface area (Å²) in [4.78, 5) is 11.9. The van der Waals surface area contributed by atoms with Crippen molar-refractivity contribution in [1.82, 2.24) is 5.32 Å². The van der Waals surface area contributed by atoms with Crippen molar-refractivity contribution < 1.29 is 9.90 Å². The molecule has 2 atom stereocenters. The highest BCUT2D eigenvalue weighted by atomic mass is 32.2. The Balaban J connectivity index is 2.68. The standard InChI is InChI=1S/C13H19NO2S/c1-3-12(17-2)13(16)14-11(9-15)10-7-5-4-6-8-10/h4-8,11-12,15H,3,9H2,1-2H3,(H,14,16)/t11-,12?/m1/s1. The zero-order valence-corrected chi connectivity index (χ0v) is 11.0. The number of hydrogen-bond acceptors (Lipinski definition) is 3. The Hall–Kier alpha value is -1.00. The first-order chi connectivity index (χ1) is 8.22. The molecule has 0 fully saturated rings. The van der Waals surface area contributed by atoms with Gasteiger partial charge in [0.15, 0.2) is 0 Å². The summed E-state index contributed by atoms with van der Waals surface area (Å²) < 4.78 is 0. The second kappa shape index (κ2) is 7.35. The van der Waals surface area contributed by atoms with Crippen molar-refractivity contribution in [2.24, 2.45) is 0 Å². The molecule has 17 heavy (non-hydrogen) atoms. The van der Waals surface area contributed by atoms with Crippen LogP contribution >= 0.6 is 11.8 Å². The van der Waals surface area contributed by atoms with Crippen LogP contribution in [0.2, 0.25) is 0 Å². The fourth-order valence-electron chi connectivity index (χ4n) is 1.64. The lowest BCUT2D eigenvalue weighted by Gasteiger charge is -2.20. The maximum Gasteiger partial charge on any atom is 0.233 e. The lowest BCUT2D eigenvalue weighted by molar-refractivity contribution is -0.121. The molecule has 1 aromatic carbocycles. The van der Waals surface area contributed by atoms with Crippen molar-refractivity contribution in [2.75, 3.05) is 12.9 Å². The van der Waals surface area contributed by atoms with Crippen LogP contribution in [0.3, 0.4) is 0 Å². The van der Waals surface area contributed by atoms with Crippen molar-refractivity contribution in [3.8, 4) is 0 Å². The van der Waals surface area contributed by atoms with E-state index in [1.165, 1.54) is 11.8 Å². The van der Waals surface area contributed by atoms with E-state index in [1.807, 2.05) is 43.5 Å². The van der Waals surface area contributed by atoms with Gasteiger partial charge < -0.3 is 10.4 Å². The van der Waals surface area contributed by atoms with Gasteiger partial charge in [0.05, 0.1) is 17.9 Å². The van der Waals surface area contributed by atoms with Crippen LogP contribution in [0.4, 0.5) is 0 Å². The van der Waals surface area contributed by atoms with Gasteiger partial charge in [-0.2, -0.15) is 11.8 Å². The number of carbonyl (C=O) groups excluding carboxylic acids is 1. The van der Waals surface area contributed by atoms with Gasteiger partial charge in [-0.1, -0.05) is 37.3 Å². The van der Waals surface area contributed by atoms with Crippen LogP contribution in [-0.2, 0) is 4.79 Å². The Bertz CT molecular complexity index is 339. The third-order valence-electron chi connectivity index (χ3n) is 2.65. The fourth-order valence-corrected chi connectivity index (χ4v) is 2.26. The van der Waals surface area contributed by atoms with Crippen molar-refractivity contribution in [2.45, 2.75) is 24.6 Å². The van der Waals surface area contributed by atoms with Crippen LogP contribution in [0, 0.1) is 0 Å². The molecule has 4 heteroatoms. The van der Waals surface area contributed by atoms with Crippen molar-refractivity contribution >= 4 is 17.7 Å². The average molecular weight is 253 g/mol. The number of rotatable bonds is 6. The maximum absolute atomic E-state index is 11.9. The SMILES string of the molecule is CCC(SC)C(=O)N[C@H](CO)c1ccccc1. The number of hydrogen-bond donors (Lipinski definition) is 2. The highest BCUT2D eigenvalue weighted by molar-refractivity contribution is 7.99. The molecule has 1 aromatic rings. The van der Waals surface area contributed by atoms with E-state index in [0.29, 0.717) is 0 Å². The van der Waals surface area contributed by atoms with Gasteiger partial charge in [0.1, 0.15) is 0 Å². The van der Waals surface area contributed by atoms with E-state index in [1.54, 1.807) is 0 Å². The fraction of sp³-hybridized carbons (Fsp3) is 0.462. The molecule has 0 radical (unpaired) electrons. The van der Waals surface area contributed by atoms with Gasteiger partial charge in [-0.25, -0.2) is 0 Å². The summed E-state index contributed by atoms with van der Waals surface area (Å²) in [6.07, 6.45) is 2.71. The summed E-state index contributed by atoms with van der Waals surface area (Å²) in [6, 6.07) is 9.20.